The van der Waals surface area contributed by atoms with Gasteiger partial charge in [-0.3, -0.25) is 4.98 Å². The van der Waals surface area contributed by atoms with Crippen molar-refractivity contribution >= 4 is 5.97 Å². The number of carboxylic acids is 1. The van der Waals surface area contributed by atoms with E-state index in [1.54, 1.807) is 0 Å². The Hall–Kier alpha value is -3.72. The SMILES string of the molecule is O=C(O)c1cncc(C2CCc3ccccc3C2)c1-c1ccc(-c2ccccc2)cc1. The minimum absolute atomic E-state index is 0.255. The maximum Gasteiger partial charge on any atom is 0.337 e. The van der Waals surface area contributed by atoms with Gasteiger partial charge >= 0.3 is 5.97 Å². The smallest absolute Gasteiger partial charge is 0.337 e. The van der Waals surface area contributed by atoms with E-state index in [1.165, 1.54) is 17.3 Å². The van der Waals surface area contributed by atoms with Gasteiger partial charge in [-0.2, -0.15) is 0 Å². The number of pyridine rings is 1. The van der Waals surface area contributed by atoms with E-state index in [2.05, 4.69) is 53.5 Å². The van der Waals surface area contributed by atoms with Gasteiger partial charge in [0.15, 0.2) is 0 Å². The first-order valence-corrected chi connectivity index (χ1v) is 10.6. The zero-order chi connectivity index (χ0) is 21.2. The Bertz CT molecular complexity index is 1230. The Morgan fingerprint density at radius 2 is 1.42 bits per heavy atom. The molecule has 0 spiro atoms. The molecule has 0 saturated heterocycles. The van der Waals surface area contributed by atoms with Crippen LogP contribution >= 0.6 is 0 Å². The lowest BCUT2D eigenvalue weighted by molar-refractivity contribution is 0.0697. The van der Waals surface area contributed by atoms with Gasteiger partial charge in [-0.1, -0.05) is 78.9 Å². The van der Waals surface area contributed by atoms with Crippen molar-refractivity contribution in [1.82, 2.24) is 4.98 Å². The number of nitrogens with zero attached hydrogens (tertiary/aromatic N) is 1. The fraction of sp³-hybridized carbons (Fsp3) is 0.143. The summed E-state index contributed by atoms with van der Waals surface area (Å²) in [5.41, 5.74) is 8.03. The third-order valence-electron chi connectivity index (χ3n) is 6.27. The maximum absolute atomic E-state index is 12.1. The van der Waals surface area contributed by atoms with Crippen molar-refractivity contribution < 1.29 is 9.90 Å². The van der Waals surface area contributed by atoms with E-state index < -0.39 is 5.97 Å². The predicted molar refractivity (Wildman–Crippen MR) is 123 cm³/mol. The first kappa shape index (κ1) is 19.3. The Balaban J connectivity index is 1.57. The zero-order valence-corrected chi connectivity index (χ0v) is 17.2. The summed E-state index contributed by atoms with van der Waals surface area (Å²) in [7, 11) is 0. The van der Waals surface area contributed by atoms with Gasteiger partial charge in [-0.05, 0) is 58.6 Å². The third kappa shape index (κ3) is 3.75. The molecule has 3 nitrogen and oxygen atoms in total. The molecule has 0 saturated carbocycles. The topological polar surface area (TPSA) is 50.2 Å². The van der Waals surface area contributed by atoms with E-state index >= 15 is 0 Å². The molecular weight excluding hydrogens is 382 g/mol. The highest BCUT2D eigenvalue weighted by Crippen LogP contribution is 2.39. The Morgan fingerprint density at radius 1 is 0.774 bits per heavy atom. The number of benzene rings is 3. The Labute approximate surface area is 182 Å². The van der Waals surface area contributed by atoms with Crippen molar-refractivity contribution in [2.24, 2.45) is 0 Å². The first-order valence-electron chi connectivity index (χ1n) is 10.6. The summed E-state index contributed by atoms with van der Waals surface area (Å²) in [6.45, 7) is 0. The normalized spacial score (nSPS) is 15.3. The number of carbonyl (C=O) groups is 1. The quantitative estimate of drug-likeness (QED) is 0.428. The van der Waals surface area contributed by atoms with Crippen LogP contribution in [-0.4, -0.2) is 16.1 Å². The van der Waals surface area contributed by atoms with Crippen molar-refractivity contribution in [2.75, 3.05) is 0 Å². The summed E-state index contributed by atoms with van der Waals surface area (Å²) in [6, 6.07) is 26.9. The highest BCUT2D eigenvalue weighted by Gasteiger charge is 2.26. The largest absolute Gasteiger partial charge is 0.478 e. The van der Waals surface area contributed by atoms with E-state index in [4.69, 9.17) is 0 Å². The fourth-order valence-corrected chi connectivity index (χ4v) is 4.69. The number of hydrogen-bond donors (Lipinski definition) is 1. The van der Waals surface area contributed by atoms with Crippen molar-refractivity contribution in [2.45, 2.75) is 25.2 Å². The highest BCUT2D eigenvalue weighted by atomic mass is 16.4. The molecule has 1 aliphatic carbocycles. The van der Waals surface area contributed by atoms with Crippen LogP contribution in [0.15, 0.2) is 91.3 Å². The van der Waals surface area contributed by atoms with E-state index in [9.17, 15) is 9.90 Å². The standard InChI is InChI=1S/C28H23NO2/c30-28(31)26-18-29-17-25(24-15-12-20-8-4-5-9-23(20)16-24)27(26)22-13-10-21(11-14-22)19-6-2-1-3-7-19/h1-11,13-14,17-18,24H,12,15-16H2,(H,30,31). The highest BCUT2D eigenvalue weighted by molar-refractivity contribution is 5.97. The maximum atomic E-state index is 12.1. The fourth-order valence-electron chi connectivity index (χ4n) is 4.69. The van der Waals surface area contributed by atoms with Crippen LogP contribution < -0.4 is 0 Å². The lowest BCUT2D eigenvalue weighted by atomic mass is 9.77. The lowest BCUT2D eigenvalue weighted by Crippen LogP contribution is -2.15. The van der Waals surface area contributed by atoms with Crippen LogP contribution in [0, 0.1) is 0 Å². The number of aromatic nitrogens is 1. The molecule has 3 aromatic carbocycles. The van der Waals surface area contributed by atoms with E-state index in [0.717, 1.165) is 47.1 Å². The van der Waals surface area contributed by atoms with Gasteiger partial charge in [0.2, 0.25) is 0 Å². The summed E-state index contributed by atoms with van der Waals surface area (Å²) in [6.07, 6.45) is 6.26. The van der Waals surface area contributed by atoms with Crippen LogP contribution in [0.1, 0.15) is 39.4 Å². The molecule has 1 aliphatic rings. The second kappa shape index (κ2) is 8.19. The number of aromatic carboxylic acids is 1. The monoisotopic (exact) mass is 405 g/mol. The molecule has 1 atom stereocenters. The van der Waals surface area contributed by atoms with Crippen LogP contribution in [0.4, 0.5) is 0 Å². The van der Waals surface area contributed by atoms with Crippen molar-refractivity contribution in [3.63, 3.8) is 0 Å². The van der Waals surface area contributed by atoms with Crippen LogP contribution in [0.5, 0.6) is 0 Å². The second-order valence-corrected chi connectivity index (χ2v) is 8.11. The van der Waals surface area contributed by atoms with Gasteiger partial charge < -0.3 is 5.11 Å². The zero-order valence-electron chi connectivity index (χ0n) is 17.2. The van der Waals surface area contributed by atoms with Crippen molar-refractivity contribution in [3.8, 4) is 22.3 Å². The predicted octanol–water partition coefficient (Wildman–Crippen LogP) is 6.39. The van der Waals surface area contributed by atoms with Gasteiger partial charge in [0.05, 0.1) is 5.56 Å². The summed E-state index contributed by atoms with van der Waals surface area (Å²) in [5.74, 6) is -0.682. The molecule has 1 aromatic heterocycles. The summed E-state index contributed by atoms with van der Waals surface area (Å²) in [5, 5.41) is 9.90. The number of aryl methyl sites for hydroxylation is 1. The average Bonchev–Trinajstić information content (AvgIpc) is 2.84. The minimum atomic E-state index is -0.937. The molecule has 5 rings (SSSR count). The molecule has 0 radical (unpaired) electrons. The molecule has 0 amide bonds. The molecule has 3 heteroatoms. The summed E-state index contributed by atoms with van der Waals surface area (Å²) >= 11 is 0. The summed E-state index contributed by atoms with van der Waals surface area (Å²) in [4.78, 5) is 16.4. The molecule has 152 valence electrons. The second-order valence-electron chi connectivity index (χ2n) is 8.11. The molecular formula is C28H23NO2. The number of hydrogen-bond acceptors (Lipinski definition) is 2. The van der Waals surface area contributed by atoms with E-state index in [1.807, 2.05) is 36.5 Å². The third-order valence-corrected chi connectivity index (χ3v) is 6.27. The Morgan fingerprint density at radius 3 is 2.16 bits per heavy atom. The molecule has 1 N–H and O–H groups in total. The minimum Gasteiger partial charge on any atom is -0.478 e. The van der Waals surface area contributed by atoms with Crippen LogP contribution in [0.3, 0.4) is 0 Å². The number of carboxylic acid groups (broad SMARTS) is 1. The van der Waals surface area contributed by atoms with Crippen LogP contribution in [0.2, 0.25) is 0 Å². The molecule has 0 fully saturated rings. The number of rotatable bonds is 4. The molecule has 1 unspecified atom stereocenters. The van der Waals surface area contributed by atoms with Gasteiger partial charge in [-0.25, -0.2) is 4.79 Å². The van der Waals surface area contributed by atoms with Crippen LogP contribution in [-0.2, 0) is 12.8 Å². The first-order chi connectivity index (χ1) is 15.2. The van der Waals surface area contributed by atoms with Gasteiger partial charge in [0.25, 0.3) is 0 Å². The number of fused-ring (bicyclic) bond motifs is 1. The van der Waals surface area contributed by atoms with Gasteiger partial charge in [0, 0.05) is 18.0 Å². The van der Waals surface area contributed by atoms with E-state index in [0.29, 0.717) is 0 Å². The van der Waals surface area contributed by atoms with Gasteiger partial charge in [-0.15, -0.1) is 0 Å². The van der Waals surface area contributed by atoms with Crippen molar-refractivity contribution in [1.29, 1.82) is 0 Å². The van der Waals surface area contributed by atoms with E-state index in [-0.39, 0.29) is 11.5 Å². The Kier molecular flexibility index (Phi) is 5.09. The molecule has 4 aromatic rings. The average molecular weight is 405 g/mol. The van der Waals surface area contributed by atoms with Crippen molar-refractivity contribution in [3.05, 3.63) is 114 Å². The lowest BCUT2D eigenvalue weighted by Gasteiger charge is -2.27. The summed E-state index contributed by atoms with van der Waals surface area (Å²) < 4.78 is 0. The molecule has 31 heavy (non-hydrogen) atoms. The molecule has 0 bridgehead atoms. The molecule has 0 aliphatic heterocycles. The molecule has 1 heterocycles. The van der Waals surface area contributed by atoms with Gasteiger partial charge in [0.1, 0.15) is 0 Å². The van der Waals surface area contributed by atoms with Crippen LogP contribution in [0.25, 0.3) is 22.3 Å².